The molecule has 0 bridgehead atoms. The van der Waals surface area contributed by atoms with E-state index in [1.165, 1.54) is 29.5 Å². The Labute approximate surface area is 141 Å². The molecule has 0 amide bonds. The lowest BCUT2D eigenvalue weighted by Crippen LogP contribution is -2.30. The average molecular weight is 348 g/mol. The fourth-order valence-corrected chi connectivity index (χ4v) is 4.44. The van der Waals surface area contributed by atoms with E-state index < -0.39 is 16.0 Å². The second kappa shape index (κ2) is 6.41. The van der Waals surface area contributed by atoms with E-state index >= 15 is 0 Å². The number of sulfonamides is 1. The van der Waals surface area contributed by atoms with E-state index in [1.54, 1.807) is 7.05 Å². The van der Waals surface area contributed by atoms with Gasteiger partial charge in [0, 0.05) is 19.3 Å². The molecular formula is C17H20N2O4S. The maximum Gasteiger partial charge on any atom is 0.354 e. The van der Waals surface area contributed by atoms with Gasteiger partial charge in [-0.05, 0) is 36.5 Å². The molecule has 0 saturated carbocycles. The summed E-state index contributed by atoms with van der Waals surface area (Å²) in [6.45, 7) is 0. The smallest absolute Gasteiger partial charge is 0.354 e. The number of ether oxygens (including phenoxy) is 1. The van der Waals surface area contributed by atoms with E-state index in [1.807, 2.05) is 24.3 Å². The summed E-state index contributed by atoms with van der Waals surface area (Å²) >= 11 is 0. The summed E-state index contributed by atoms with van der Waals surface area (Å²) in [4.78, 5) is 11.7. The molecule has 24 heavy (non-hydrogen) atoms. The zero-order chi connectivity index (χ0) is 17.3. The zero-order valence-electron chi connectivity index (χ0n) is 13.7. The highest BCUT2D eigenvalue weighted by molar-refractivity contribution is 7.89. The summed E-state index contributed by atoms with van der Waals surface area (Å²) < 4.78 is 34.3. The van der Waals surface area contributed by atoms with E-state index in [9.17, 15) is 13.2 Å². The first-order chi connectivity index (χ1) is 11.4. The van der Waals surface area contributed by atoms with Crippen LogP contribution in [-0.4, -0.2) is 26.1 Å². The third-order valence-corrected chi connectivity index (χ3v) is 5.79. The summed E-state index contributed by atoms with van der Waals surface area (Å²) in [6.07, 6.45) is 4.08. The van der Waals surface area contributed by atoms with Gasteiger partial charge in [0.05, 0.1) is 7.11 Å². The number of carbonyl (C=O) groups is 1. The summed E-state index contributed by atoms with van der Waals surface area (Å²) in [5.41, 5.74) is 2.40. The molecule has 0 spiro atoms. The van der Waals surface area contributed by atoms with Crippen molar-refractivity contribution in [3.8, 4) is 0 Å². The van der Waals surface area contributed by atoms with E-state index in [0.29, 0.717) is 0 Å². The van der Waals surface area contributed by atoms with Crippen molar-refractivity contribution >= 4 is 16.0 Å². The number of hydrogen-bond acceptors (Lipinski definition) is 4. The van der Waals surface area contributed by atoms with Crippen LogP contribution >= 0.6 is 0 Å². The van der Waals surface area contributed by atoms with Crippen LogP contribution in [0, 0.1) is 0 Å². The lowest BCUT2D eigenvalue weighted by atomic mass is 9.88. The second-order valence-corrected chi connectivity index (χ2v) is 7.64. The molecular weight excluding hydrogens is 328 g/mol. The van der Waals surface area contributed by atoms with Crippen LogP contribution in [0.15, 0.2) is 41.4 Å². The molecule has 1 atom stereocenters. The first-order valence-electron chi connectivity index (χ1n) is 7.77. The van der Waals surface area contributed by atoms with Crippen molar-refractivity contribution in [3.05, 3.63) is 53.3 Å². The number of aryl methyl sites for hydroxylation is 2. The minimum absolute atomic E-state index is 0.0634. The van der Waals surface area contributed by atoms with Crippen molar-refractivity contribution in [2.24, 2.45) is 7.05 Å². The van der Waals surface area contributed by atoms with Crippen molar-refractivity contribution in [3.63, 3.8) is 0 Å². The van der Waals surface area contributed by atoms with Crippen molar-refractivity contribution in [2.45, 2.75) is 30.2 Å². The maximum atomic E-state index is 12.7. The highest BCUT2D eigenvalue weighted by Crippen LogP contribution is 2.31. The fourth-order valence-electron chi connectivity index (χ4n) is 3.12. The molecule has 0 saturated heterocycles. The topological polar surface area (TPSA) is 77.4 Å². The van der Waals surface area contributed by atoms with Gasteiger partial charge < -0.3 is 9.30 Å². The first kappa shape index (κ1) is 16.7. The number of esters is 1. The third-order valence-electron chi connectivity index (χ3n) is 4.35. The molecule has 2 aromatic rings. The number of carbonyl (C=O) groups excluding carboxylic acids is 1. The van der Waals surface area contributed by atoms with Crippen LogP contribution in [0.25, 0.3) is 0 Å². The van der Waals surface area contributed by atoms with Crippen molar-refractivity contribution in [1.82, 2.24) is 9.29 Å². The van der Waals surface area contributed by atoms with E-state index in [4.69, 9.17) is 0 Å². The van der Waals surface area contributed by atoms with Gasteiger partial charge >= 0.3 is 5.97 Å². The van der Waals surface area contributed by atoms with Crippen LogP contribution in [0.5, 0.6) is 0 Å². The summed E-state index contributed by atoms with van der Waals surface area (Å²) in [5, 5.41) is 0. The summed E-state index contributed by atoms with van der Waals surface area (Å²) in [7, 11) is -0.848. The van der Waals surface area contributed by atoms with Gasteiger partial charge in [0.15, 0.2) is 0 Å². The Morgan fingerprint density at radius 1 is 1.33 bits per heavy atom. The van der Waals surface area contributed by atoms with E-state index in [2.05, 4.69) is 9.46 Å². The molecule has 0 fully saturated rings. The van der Waals surface area contributed by atoms with Gasteiger partial charge in [-0.1, -0.05) is 24.3 Å². The number of aromatic nitrogens is 1. The monoisotopic (exact) mass is 348 g/mol. The molecule has 1 heterocycles. The molecule has 0 radical (unpaired) electrons. The van der Waals surface area contributed by atoms with Gasteiger partial charge in [-0.15, -0.1) is 0 Å². The number of hydrogen-bond donors (Lipinski definition) is 1. The van der Waals surface area contributed by atoms with Crippen LogP contribution in [0.4, 0.5) is 0 Å². The molecule has 1 aromatic heterocycles. The second-order valence-electron chi connectivity index (χ2n) is 5.93. The Bertz CT molecular complexity index is 870. The molecule has 0 unspecified atom stereocenters. The number of methoxy groups -OCH3 is 1. The predicted octanol–water partition coefficient (Wildman–Crippen LogP) is 2.17. The maximum absolute atomic E-state index is 12.7. The minimum Gasteiger partial charge on any atom is -0.464 e. The molecule has 1 aromatic carbocycles. The molecule has 1 aliphatic carbocycles. The van der Waals surface area contributed by atoms with Gasteiger partial charge in [0.2, 0.25) is 10.0 Å². The number of nitrogens with zero attached hydrogens (tertiary/aromatic N) is 1. The highest BCUT2D eigenvalue weighted by Gasteiger charge is 2.27. The van der Waals surface area contributed by atoms with Gasteiger partial charge in [-0.3, -0.25) is 0 Å². The van der Waals surface area contributed by atoms with Crippen LogP contribution in [-0.2, 0) is 28.2 Å². The molecule has 3 rings (SSSR count). The number of nitrogens with one attached hydrogen (secondary N) is 1. The lowest BCUT2D eigenvalue weighted by molar-refractivity contribution is 0.0590. The quantitative estimate of drug-likeness (QED) is 0.859. The molecule has 0 aliphatic heterocycles. The van der Waals surface area contributed by atoms with Gasteiger partial charge in [-0.25, -0.2) is 17.9 Å². The Kier molecular flexibility index (Phi) is 4.47. The lowest BCUT2D eigenvalue weighted by Gasteiger charge is -2.25. The van der Waals surface area contributed by atoms with Crippen LogP contribution in [0.2, 0.25) is 0 Å². The molecule has 128 valence electrons. The summed E-state index contributed by atoms with van der Waals surface area (Å²) in [6, 6.07) is 8.98. The number of fused-ring (bicyclic) bond motifs is 1. The van der Waals surface area contributed by atoms with Crippen LogP contribution < -0.4 is 4.72 Å². The van der Waals surface area contributed by atoms with Crippen LogP contribution in [0.1, 0.15) is 40.5 Å². The van der Waals surface area contributed by atoms with Gasteiger partial charge in [0.25, 0.3) is 0 Å². The normalized spacial score (nSPS) is 17.3. The average Bonchev–Trinajstić information content (AvgIpc) is 2.97. The Morgan fingerprint density at radius 2 is 2.08 bits per heavy atom. The van der Waals surface area contributed by atoms with Crippen molar-refractivity contribution < 1.29 is 17.9 Å². The predicted molar refractivity (Wildman–Crippen MR) is 89.2 cm³/mol. The molecule has 1 aliphatic rings. The largest absolute Gasteiger partial charge is 0.464 e. The highest BCUT2D eigenvalue weighted by atomic mass is 32.2. The van der Waals surface area contributed by atoms with Crippen molar-refractivity contribution in [1.29, 1.82) is 0 Å². The Balaban J connectivity index is 1.89. The zero-order valence-corrected chi connectivity index (χ0v) is 14.5. The van der Waals surface area contributed by atoms with E-state index in [-0.39, 0.29) is 16.6 Å². The number of benzene rings is 1. The number of rotatable bonds is 4. The third kappa shape index (κ3) is 3.09. The Morgan fingerprint density at radius 3 is 2.83 bits per heavy atom. The minimum atomic E-state index is -3.72. The fraction of sp³-hybridized carbons (Fsp3) is 0.353. The van der Waals surface area contributed by atoms with E-state index in [0.717, 1.165) is 24.8 Å². The Hall–Kier alpha value is -2.12. The molecule has 1 N–H and O–H groups in total. The van der Waals surface area contributed by atoms with Gasteiger partial charge in [0.1, 0.15) is 10.6 Å². The molecule has 6 nitrogen and oxygen atoms in total. The molecule has 7 heteroatoms. The standard InChI is InChI=1S/C17H20N2O4S/c1-19-11-13(10-16(19)17(20)23-2)24(21,22)18-15-9-5-7-12-6-3-4-8-14(12)15/h3-4,6,8,10-11,15,18H,5,7,9H2,1-2H3/t15-/m0/s1. The van der Waals surface area contributed by atoms with Gasteiger partial charge in [-0.2, -0.15) is 0 Å². The summed E-state index contributed by atoms with van der Waals surface area (Å²) in [5.74, 6) is -0.568. The van der Waals surface area contributed by atoms with Crippen molar-refractivity contribution in [2.75, 3.05) is 7.11 Å². The first-order valence-corrected chi connectivity index (χ1v) is 9.25. The SMILES string of the molecule is COC(=O)c1cc(S(=O)(=O)N[C@H]2CCCc3ccccc32)cn1C. The van der Waals surface area contributed by atoms with Crippen LogP contribution in [0.3, 0.4) is 0 Å².